The van der Waals surface area contributed by atoms with E-state index in [0.717, 1.165) is 44.0 Å². The van der Waals surface area contributed by atoms with Crippen molar-refractivity contribution < 1.29 is 67.9 Å². The molecule has 5 saturated heterocycles. The fourth-order valence-corrected chi connectivity index (χ4v) is 14.7. The zero-order chi connectivity index (χ0) is 61.9. The maximum Gasteiger partial charge on any atom is 0.311 e. The van der Waals surface area contributed by atoms with Crippen LogP contribution in [0.15, 0.2) is 60.8 Å². The summed E-state index contributed by atoms with van der Waals surface area (Å²) < 4.78 is 61.3. The van der Waals surface area contributed by atoms with E-state index in [1.54, 1.807) is 59.5 Å². The van der Waals surface area contributed by atoms with Crippen LogP contribution in [-0.2, 0) is 50.9 Å². The highest BCUT2D eigenvalue weighted by atomic mass is 19.1. The Balaban J connectivity index is 0.963. The summed E-state index contributed by atoms with van der Waals surface area (Å²) in [6.45, 7) is 22.8. The van der Waals surface area contributed by atoms with E-state index in [2.05, 4.69) is 62.6 Å². The van der Waals surface area contributed by atoms with Gasteiger partial charge in [0.15, 0.2) is 12.6 Å². The second-order valence-electron chi connectivity index (χ2n) is 26.7. The van der Waals surface area contributed by atoms with Gasteiger partial charge in [0.2, 0.25) is 0 Å². The Morgan fingerprint density at radius 3 is 2.16 bits per heavy atom. The van der Waals surface area contributed by atoms with Crippen LogP contribution < -0.4 is 4.90 Å². The number of carbonyl (C=O) groups excluding carboxylic acids is 1. The predicted octanol–water partition coefficient (Wildman–Crippen LogP) is 5.57. The van der Waals surface area contributed by atoms with Crippen molar-refractivity contribution in [1.82, 2.24) is 29.7 Å². The number of methoxy groups -OCH3 is 2. The Hall–Kier alpha value is -3.78. The summed E-state index contributed by atoms with van der Waals surface area (Å²) in [6, 6.07) is 17.1. The lowest BCUT2D eigenvalue weighted by Crippen LogP contribution is -2.61. The van der Waals surface area contributed by atoms with Crippen molar-refractivity contribution in [2.45, 2.75) is 210 Å². The van der Waals surface area contributed by atoms with Crippen molar-refractivity contribution in [3.8, 4) is 0 Å². The van der Waals surface area contributed by atoms with Gasteiger partial charge < -0.3 is 73.4 Å². The molecule has 0 saturated carbocycles. The van der Waals surface area contributed by atoms with Crippen LogP contribution >= 0.6 is 0 Å². The number of benzene rings is 2. The molecule has 3 aromatic rings. The third kappa shape index (κ3) is 15.3. The number of halogens is 1. The first-order valence-electron chi connectivity index (χ1n) is 31.1. The number of cyclic esters (lactones) is 1. The number of aromatic nitrogens is 3. The molecular weight excluding hydrogens is 1090 g/mol. The molecule has 0 spiro atoms. The van der Waals surface area contributed by atoms with Crippen LogP contribution in [0.1, 0.15) is 124 Å². The van der Waals surface area contributed by atoms with Crippen LogP contribution in [0.5, 0.6) is 0 Å². The van der Waals surface area contributed by atoms with E-state index in [4.69, 9.17) is 33.2 Å². The number of nitrogens with zero attached hydrogens (tertiary/aromatic N) is 7. The van der Waals surface area contributed by atoms with Crippen LogP contribution in [0.4, 0.5) is 10.1 Å². The summed E-state index contributed by atoms with van der Waals surface area (Å²) in [5.41, 5.74) is -0.629. The highest BCUT2D eigenvalue weighted by Crippen LogP contribution is 2.42. The molecule has 6 heterocycles. The van der Waals surface area contributed by atoms with Crippen LogP contribution in [0.25, 0.3) is 0 Å². The number of hydrogen-bond acceptors (Lipinski definition) is 19. The smallest absolute Gasteiger partial charge is 0.311 e. The number of likely N-dealkylation sites (N-methyl/N-ethyl adjacent to an activating group) is 2. The maximum atomic E-state index is 15.2. The molecule has 0 amide bonds. The first-order valence-corrected chi connectivity index (χ1v) is 31.1. The summed E-state index contributed by atoms with van der Waals surface area (Å²) in [5.74, 6) is -1.64. The number of rotatable bonds is 18. The molecule has 5 N–H and O–H groups in total. The van der Waals surface area contributed by atoms with E-state index in [0.29, 0.717) is 43.5 Å². The van der Waals surface area contributed by atoms with Gasteiger partial charge in [0.25, 0.3) is 0 Å². The van der Waals surface area contributed by atoms with Gasteiger partial charge in [-0.25, -0.2) is 9.07 Å². The van der Waals surface area contributed by atoms with E-state index in [-0.39, 0.29) is 25.2 Å². The lowest BCUT2D eigenvalue weighted by atomic mass is 9.77. The lowest BCUT2D eigenvalue weighted by Gasteiger charge is -2.49. The minimum absolute atomic E-state index is 0.0858. The van der Waals surface area contributed by atoms with E-state index < -0.39 is 127 Å². The predicted molar refractivity (Wildman–Crippen MR) is 319 cm³/mol. The van der Waals surface area contributed by atoms with Crippen molar-refractivity contribution in [2.75, 3.05) is 79.2 Å². The molecule has 5 fully saturated rings. The summed E-state index contributed by atoms with van der Waals surface area (Å²) >= 11 is 0. The van der Waals surface area contributed by atoms with Crippen LogP contribution in [-0.4, -0.2) is 226 Å². The molecule has 8 rings (SSSR count). The summed E-state index contributed by atoms with van der Waals surface area (Å²) in [7, 11) is 6.83. The number of esters is 1. The third-order valence-electron chi connectivity index (χ3n) is 19.9. The molecule has 85 heavy (non-hydrogen) atoms. The Morgan fingerprint density at radius 1 is 0.871 bits per heavy atom. The van der Waals surface area contributed by atoms with E-state index in [1.165, 1.54) is 19.6 Å². The monoisotopic (exact) mass is 1200 g/mol. The molecule has 0 aliphatic carbocycles. The van der Waals surface area contributed by atoms with Crippen LogP contribution in [0.3, 0.4) is 0 Å². The van der Waals surface area contributed by atoms with Crippen molar-refractivity contribution >= 4 is 11.7 Å². The summed E-state index contributed by atoms with van der Waals surface area (Å²) in [4.78, 5) is 23.6. The summed E-state index contributed by atoms with van der Waals surface area (Å²) in [5, 5.41) is 69.1. The number of hydrogen-bond donors (Lipinski definition) is 5. The Kier molecular flexibility index (Phi) is 22.4. The van der Waals surface area contributed by atoms with Crippen LogP contribution in [0.2, 0.25) is 0 Å². The van der Waals surface area contributed by atoms with Crippen molar-refractivity contribution in [1.29, 1.82) is 0 Å². The number of ether oxygens (including phenoxy) is 7. The second kappa shape index (κ2) is 28.4. The SMILES string of the molecule is CC[C@H]1OC(=O)[C@H](C)[C@@H](O[C@H]2C[C@@](C)(OC)[C@@H](O)[C@H](C)O2)[C@H](C)[C@@H](O[C@@H]2O[C@H](C)C[C@H](N(C)CCc3cn([C@@H](CF)[C@H](OC)c4ccc(N5CC6CN(Cc7ccccc7)CC6C5)cc4)nn3)[C@H]2O)[C@](C)(O)C[C@@H](C)CN(C)[C@H](C)[C@@H](O)[C@]1(C)O. The minimum Gasteiger partial charge on any atom is -0.459 e. The van der Waals surface area contributed by atoms with Crippen molar-refractivity contribution in [3.63, 3.8) is 0 Å². The molecule has 0 radical (unpaired) electrons. The zero-order valence-electron chi connectivity index (χ0n) is 52.9. The molecular formula is C64H102FN7O13. The molecule has 20 nitrogen and oxygen atoms in total. The molecule has 1 aromatic heterocycles. The number of anilines is 1. The molecule has 2 unspecified atom stereocenters. The van der Waals surface area contributed by atoms with Gasteiger partial charge in [0, 0.05) is 103 Å². The quantitative estimate of drug-likeness (QED) is 0.0982. The molecule has 5 aliphatic heterocycles. The van der Waals surface area contributed by atoms with Gasteiger partial charge in [-0.1, -0.05) is 68.4 Å². The molecule has 2 aromatic carbocycles. The fraction of sp³-hybridized carbons (Fsp3) is 0.766. The van der Waals surface area contributed by atoms with E-state index in [9.17, 15) is 30.3 Å². The third-order valence-corrected chi connectivity index (χ3v) is 19.9. The number of alkyl halides is 1. The number of likely N-dealkylation sites (tertiary alicyclic amines) is 1. The largest absolute Gasteiger partial charge is 0.459 e. The molecule has 22 atom stereocenters. The molecule has 5 aliphatic rings. The molecule has 21 heteroatoms. The van der Waals surface area contributed by atoms with Gasteiger partial charge >= 0.3 is 5.97 Å². The van der Waals surface area contributed by atoms with Gasteiger partial charge in [-0.15, -0.1) is 5.10 Å². The second-order valence-corrected chi connectivity index (χ2v) is 26.7. The Bertz CT molecular complexity index is 2560. The topological polar surface area (TPSA) is 226 Å². The number of carbonyl (C=O) groups is 1. The molecule has 0 bridgehead atoms. The normalized spacial score (nSPS) is 39.3. The Morgan fingerprint density at radius 2 is 1.54 bits per heavy atom. The first-order chi connectivity index (χ1) is 40.2. The van der Waals surface area contributed by atoms with Gasteiger partial charge in [-0.2, -0.15) is 0 Å². The maximum absolute atomic E-state index is 15.2. The fourth-order valence-electron chi connectivity index (χ4n) is 14.7. The number of aliphatic hydroxyl groups is 5. The van der Waals surface area contributed by atoms with Gasteiger partial charge in [0.1, 0.15) is 48.8 Å². The lowest BCUT2D eigenvalue weighted by molar-refractivity contribution is -0.318. The number of fused-ring (bicyclic) bond motifs is 1. The van der Waals surface area contributed by atoms with Crippen molar-refractivity contribution in [3.05, 3.63) is 77.6 Å². The molecule has 478 valence electrons. The standard InChI is InChI=1S/C64H102FN7O13/c1-15-52-64(10,78)57(74)42(6)69(12)31-38(2)28-62(8,77)59(40(4)55(41(5)60(76)83-52)84-53-29-63(9,80-14)58(75)43(7)82-53)85-61-54(73)50(27-39(3)81-61)68(11)26-25-48-37-72(67-66-48)51(30-65)56(79-13)45-21-23-49(24-22-45)71-35-46-33-70(34-47(46)36-71)32-44-19-17-16-18-20-44/h16-24,37-43,46-47,50-59,61,73-75,77-78H,15,25-36H2,1-14H3/t38-,39-,40+,41-,42-,43+,46?,47?,50+,51+,52-,53+,54-,55+,56-,57-,58+,59-,61+,62-,63-,64-/m1/s1. The van der Waals surface area contributed by atoms with Gasteiger partial charge in [-0.3, -0.25) is 9.69 Å². The van der Waals surface area contributed by atoms with Crippen molar-refractivity contribution in [2.24, 2.45) is 29.6 Å². The van der Waals surface area contributed by atoms with E-state index in [1.807, 2.05) is 56.8 Å². The Labute approximate surface area is 504 Å². The highest BCUT2D eigenvalue weighted by Gasteiger charge is 2.53. The zero-order valence-corrected chi connectivity index (χ0v) is 52.9. The minimum atomic E-state index is -1.85. The van der Waals surface area contributed by atoms with Gasteiger partial charge in [-0.05, 0) is 123 Å². The average Bonchev–Trinajstić information content (AvgIpc) is 3.46. The first kappa shape index (κ1) is 67.2. The highest BCUT2D eigenvalue weighted by molar-refractivity contribution is 5.73. The summed E-state index contributed by atoms with van der Waals surface area (Å²) in [6.07, 6.45) is -7.90. The number of aliphatic hydroxyl groups excluding tert-OH is 3. The average molecular weight is 1200 g/mol. The van der Waals surface area contributed by atoms with Crippen LogP contribution in [0, 0.1) is 29.6 Å². The van der Waals surface area contributed by atoms with Gasteiger partial charge in [0.05, 0.1) is 47.2 Å². The van der Waals surface area contributed by atoms with E-state index >= 15 is 4.39 Å².